The van der Waals surface area contributed by atoms with Gasteiger partial charge in [0.25, 0.3) is 0 Å². The summed E-state index contributed by atoms with van der Waals surface area (Å²) < 4.78 is 5.34. The minimum atomic E-state index is 0. The average Bonchev–Trinajstić information content (AvgIpc) is 3.26. The van der Waals surface area contributed by atoms with E-state index in [4.69, 9.17) is 4.42 Å². The SMILES string of the molecule is CN=C(NCCc1ccco1)NC1CCN(c2ccccc2)C1.I. The van der Waals surface area contributed by atoms with Crippen molar-refractivity contribution in [3.63, 3.8) is 0 Å². The van der Waals surface area contributed by atoms with Crippen LogP contribution < -0.4 is 15.5 Å². The van der Waals surface area contributed by atoms with Crippen LogP contribution in [0.25, 0.3) is 0 Å². The molecule has 1 unspecified atom stereocenters. The number of halogens is 1. The summed E-state index contributed by atoms with van der Waals surface area (Å²) in [5, 5.41) is 6.86. The van der Waals surface area contributed by atoms with Gasteiger partial charge in [-0.05, 0) is 30.7 Å². The smallest absolute Gasteiger partial charge is 0.191 e. The fourth-order valence-electron chi connectivity index (χ4n) is 2.90. The van der Waals surface area contributed by atoms with Crippen LogP contribution in [0.4, 0.5) is 5.69 Å². The molecule has 1 atom stereocenters. The van der Waals surface area contributed by atoms with Gasteiger partial charge in [-0.25, -0.2) is 0 Å². The molecule has 5 nitrogen and oxygen atoms in total. The van der Waals surface area contributed by atoms with Crippen LogP contribution in [0.3, 0.4) is 0 Å². The van der Waals surface area contributed by atoms with Gasteiger partial charge < -0.3 is 20.0 Å². The van der Waals surface area contributed by atoms with Crippen LogP contribution in [-0.2, 0) is 6.42 Å². The molecule has 0 spiro atoms. The van der Waals surface area contributed by atoms with Gasteiger partial charge in [-0.2, -0.15) is 0 Å². The van der Waals surface area contributed by atoms with Crippen molar-refractivity contribution >= 4 is 35.6 Å². The van der Waals surface area contributed by atoms with Crippen molar-refractivity contribution in [2.24, 2.45) is 4.99 Å². The third kappa shape index (κ3) is 5.15. The first-order valence-corrected chi connectivity index (χ1v) is 8.15. The summed E-state index contributed by atoms with van der Waals surface area (Å²) >= 11 is 0. The molecule has 1 aromatic carbocycles. The number of nitrogens with zero attached hydrogens (tertiary/aromatic N) is 2. The normalized spacial score (nSPS) is 17.5. The van der Waals surface area contributed by atoms with Crippen molar-refractivity contribution in [2.45, 2.75) is 18.9 Å². The van der Waals surface area contributed by atoms with Crippen LogP contribution in [0.5, 0.6) is 0 Å². The van der Waals surface area contributed by atoms with Gasteiger partial charge in [0.1, 0.15) is 5.76 Å². The van der Waals surface area contributed by atoms with E-state index in [1.54, 1.807) is 6.26 Å². The maximum absolute atomic E-state index is 5.34. The number of hydrogen-bond acceptors (Lipinski definition) is 3. The predicted molar refractivity (Wildman–Crippen MR) is 109 cm³/mol. The fourth-order valence-corrected chi connectivity index (χ4v) is 2.90. The van der Waals surface area contributed by atoms with E-state index in [0.717, 1.165) is 44.2 Å². The lowest BCUT2D eigenvalue weighted by molar-refractivity contribution is 0.506. The highest BCUT2D eigenvalue weighted by Crippen LogP contribution is 2.19. The summed E-state index contributed by atoms with van der Waals surface area (Å²) in [5.41, 5.74) is 1.29. The number of furan rings is 1. The minimum absolute atomic E-state index is 0. The lowest BCUT2D eigenvalue weighted by atomic mass is 10.2. The van der Waals surface area contributed by atoms with Gasteiger partial charge in [-0.3, -0.25) is 4.99 Å². The molecule has 2 N–H and O–H groups in total. The topological polar surface area (TPSA) is 52.8 Å². The van der Waals surface area contributed by atoms with Crippen molar-refractivity contribution in [1.82, 2.24) is 10.6 Å². The van der Waals surface area contributed by atoms with E-state index in [0.29, 0.717) is 6.04 Å². The molecule has 1 aromatic heterocycles. The maximum Gasteiger partial charge on any atom is 0.191 e. The lowest BCUT2D eigenvalue weighted by Crippen LogP contribution is -2.45. The fraction of sp³-hybridized carbons (Fsp3) is 0.389. The number of hydrogen-bond donors (Lipinski definition) is 2. The molecule has 6 heteroatoms. The van der Waals surface area contributed by atoms with E-state index < -0.39 is 0 Å². The number of anilines is 1. The van der Waals surface area contributed by atoms with Crippen LogP contribution in [0.1, 0.15) is 12.2 Å². The molecule has 2 heterocycles. The first-order chi connectivity index (χ1) is 11.3. The highest BCUT2D eigenvalue weighted by molar-refractivity contribution is 14.0. The maximum atomic E-state index is 5.34. The van der Waals surface area contributed by atoms with E-state index in [1.807, 2.05) is 19.2 Å². The van der Waals surface area contributed by atoms with Crippen LogP contribution in [0.2, 0.25) is 0 Å². The van der Waals surface area contributed by atoms with Gasteiger partial charge in [-0.1, -0.05) is 18.2 Å². The van der Waals surface area contributed by atoms with Crippen molar-refractivity contribution < 1.29 is 4.42 Å². The number of aliphatic imine (C=N–C) groups is 1. The Labute approximate surface area is 160 Å². The third-order valence-electron chi connectivity index (χ3n) is 4.12. The number of rotatable bonds is 5. The summed E-state index contributed by atoms with van der Waals surface area (Å²) in [5.74, 6) is 1.85. The zero-order chi connectivity index (χ0) is 15.9. The van der Waals surface area contributed by atoms with E-state index in [1.165, 1.54) is 5.69 Å². The Balaban J connectivity index is 0.00000208. The molecule has 1 aliphatic rings. The molecule has 0 aliphatic carbocycles. The van der Waals surface area contributed by atoms with E-state index >= 15 is 0 Å². The number of benzene rings is 1. The molecule has 1 saturated heterocycles. The van der Waals surface area contributed by atoms with Crippen LogP contribution in [-0.4, -0.2) is 38.7 Å². The monoisotopic (exact) mass is 440 g/mol. The van der Waals surface area contributed by atoms with E-state index in [9.17, 15) is 0 Å². The first-order valence-electron chi connectivity index (χ1n) is 8.15. The molecule has 3 rings (SSSR count). The molecule has 130 valence electrons. The van der Waals surface area contributed by atoms with Gasteiger partial charge in [0.05, 0.1) is 6.26 Å². The molecule has 0 bridgehead atoms. The zero-order valence-corrected chi connectivity index (χ0v) is 16.3. The lowest BCUT2D eigenvalue weighted by Gasteiger charge is -2.20. The molecule has 0 radical (unpaired) electrons. The number of nitrogens with one attached hydrogen (secondary N) is 2. The first kappa shape index (κ1) is 18.6. The molecular weight excluding hydrogens is 415 g/mol. The highest BCUT2D eigenvalue weighted by atomic mass is 127. The zero-order valence-electron chi connectivity index (χ0n) is 13.9. The molecular formula is C18H25IN4O. The number of guanidine groups is 1. The second-order valence-corrected chi connectivity index (χ2v) is 5.74. The van der Waals surface area contributed by atoms with E-state index in [-0.39, 0.29) is 24.0 Å². The van der Waals surface area contributed by atoms with Crippen molar-refractivity contribution in [1.29, 1.82) is 0 Å². The van der Waals surface area contributed by atoms with Crippen LogP contribution >= 0.6 is 24.0 Å². The molecule has 24 heavy (non-hydrogen) atoms. The Hall–Kier alpha value is -1.70. The Bertz CT molecular complexity index is 615. The Morgan fingerprint density at radius 2 is 2.08 bits per heavy atom. The van der Waals surface area contributed by atoms with Crippen molar-refractivity contribution in [2.75, 3.05) is 31.6 Å². The molecule has 1 fully saturated rings. The second kappa shape index (κ2) is 9.56. The molecule has 2 aromatic rings. The van der Waals surface area contributed by atoms with Crippen LogP contribution in [0.15, 0.2) is 58.1 Å². The Morgan fingerprint density at radius 3 is 2.79 bits per heavy atom. The second-order valence-electron chi connectivity index (χ2n) is 5.74. The summed E-state index contributed by atoms with van der Waals surface area (Å²) in [6.45, 7) is 2.89. The molecule has 0 saturated carbocycles. The Morgan fingerprint density at radius 1 is 1.25 bits per heavy atom. The summed E-state index contributed by atoms with van der Waals surface area (Å²) in [6, 6.07) is 14.9. The van der Waals surface area contributed by atoms with Crippen molar-refractivity contribution in [3.05, 3.63) is 54.5 Å². The van der Waals surface area contributed by atoms with Gasteiger partial charge in [-0.15, -0.1) is 24.0 Å². The van der Waals surface area contributed by atoms with Gasteiger partial charge >= 0.3 is 0 Å². The largest absolute Gasteiger partial charge is 0.469 e. The molecule has 1 aliphatic heterocycles. The van der Waals surface area contributed by atoms with Gasteiger partial charge in [0.15, 0.2) is 5.96 Å². The summed E-state index contributed by atoms with van der Waals surface area (Å²) in [6.07, 6.45) is 3.68. The third-order valence-corrected chi connectivity index (χ3v) is 4.12. The summed E-state index contributed by atoms with van der Waals surface area (Å²) in [4.78, 5) is 6.72. The average molecular weight is 440 g/mol. The quantitative estimate of drug-likeness (QED) is 0.427. The summed E-state index contributed by atoms with van der Waals surface area (Å²) in [7, 11) is 1.81. The minimum Gasteiger partial charge on any atom is -0.469 e. The standard InChI is InChI=1S/C18H24N4O.HI/c1-19-18(20-11-9-17-8-5-13-23-17)21-15-10-12-22(14-15)16-6-3-2-4-7-16;/h2-8,13,15H,9-12,14H2,1H3,(H2,19,20,21);1H. The van der Waals surface area contributed by atoms with Gasteiger partial charge in [0, 0.05) is 44.8 Å². The Kier molecular flexibility index (Phi) is 7.42. The van der Waals surface area contributed by atoms with Gasteiger partial charge in [0.2, 0.25) is 0 Å². The highest BCUT2D eigenvalue weighted by Gasteiger charge is 2.23. The van der Waals surface area contributed by atoms with E-state index in [2.05, 4.69) is 50.9 Å². The number of para-hydroxylation sites is 1. The van der Waals surface area contributed by atoms with Crippen LogP contribution in [0, 0.1) is 0 Å². The molecule has 0 amide bonds. The van der Waals surface area contributed by atoms with Crippen molar-refractivity contribution in [3.8, 4) is 0 Å². The predicted octanol–water partition coefficient (Wildman–Crippen LogP) is 2.88.